The normalized spacial score (nSPS) is 22.5. The molecular formula is C14H19N3. The van der Waals surface area contributed by atoms with Crippen LogP contribution in [-0.4, -0.2) is 25.2 Å². The molecule has 3 nitrogen and oxygen atoms in total. The summed E-state index contributed by atoms with van der Waals surface area (Å²) in [4.78, 5) is 2.38. The van der Waals surface area contributed by atoms with Gasteiger partial charge in [0.2, 0.25) is 0 Å². The molecular weight excluding hydrogens is 210 g/mol. The molecule has 2 rings (SSSR count). The van der Waals surface area contributed by atoms with Crippen LogP contribution in [0.3, 0.4) is 0 Å². The second kappa shape index (κ2) is 4.38. The summed E-state index contributed by atoms with van der Waals surface area (Å²) in [6.07, 6.45) is 1.13. The number of rotatable bonds is 2. The van der Waals surface area contributed by atoms with Gasteiger partial charge in [0, 0.05) is 23.8 Å². The fourth-order valence-corrected chi connectivity index (χ4v) is 2.64. The molecule has 0 spiro atoms. The summed E-state index contributed by atoms with van der Waals surface area (Å²) in [5.41, 5.74) is 2.01. The minimum Gasteiger partial charge on any atom is -0.365 e. The quantitative estimate of drug-likeness (QED) is 0.844. The maximum atomic E-state index is 8.95. The molecule has 0 aliphatic carbocycles. The largest absolute Gasteiger partial charge is 0.365 e. The lowest BCUT2D eigenvalue weighted by Gasteiger charge is -2.33. The molecule has 1 N–H and O–H groups in total. The summed E-state index contributed by atoms with van der Waals surface area (Å²) < 4.78 is 0. The Bertz CT molecular complexity index is 445. The van der Waals surface area contributed by atoms with Gasteiger partial charge in [-0.1, -0.05) is 6.07 Å². The van der Waals surface area contributed by atoms with Crippen molar-refractivity contribution < 1.29 is 0 Å². The van der Waals surface area contributed by atoms with Crippen LogP contribution in [-0.2, 0) is 0 Å². The van der Waals surface area contributed by atoms with Crippen LogP contribution >= 0.6 is 0 Å². The first-order chi connectivity index (χ1) is 8.06. The van der Waals surface area contributed by atoms with Gasteiger partial charge in [-0.25, -0.2) is 0 Å². The van der Waals surface area contributed by atoms with Crippen LogP contribution in [0.2, 0.25) is 0 Å². The van der Waals surface area contributed by atoms with E-state index in [0.29, 0.717) is 6.04 Å². The maximum absolute atomic E-state index is 8.95. The van der Waals surface area contributed by atoms with Crippen molar-refractivity contribution in [2.24, 2.45) is 0 Å². The fraction of sp³-hybridized carbons (Fsp3) is 0.500. The van der Waals surface area contributed by atoms with E-state index >= 15 is 0 Å². The molecule has 1 aromatic carbocycles. The fourth-order valence-electron chi connectivity index (χ4n) is 2.64. The second-order valence-electron chi connectivity index (χ2n) is 5.27. The van der Waals surface area contributed by atoms with E-state index in [1.165, 1.54) is 0 Å². The van der Waals surface area contributed by atoms with E-state index < -0.39 is 0 Å². The highest BCUT2D eigenvalue weighted by Crippen LogP contribution is 2.33. The lowest BCUT2D eigenvalue weighted by atomic mass is 9.99. The first-order valence-corrected chi connectivity index (χ1v) is 6.02. The van der Waals surface area contributed by atoms with Gasteiger partial charge in [0.1, 0.15) is 0 Å². The average Bonchev–Trinajstić information content (AvgIpc) is 2.64. The summed E-state index contributed by atoms with van der Waals surface area (Å²) in [5.74, 6) is 0. The Morgan fingerprint density at radius 3 is 2.82 bits per heavy atom. The summed E-state index contributed by atoms with van der Waals surface area (Å²) >= 11 is 0. The van der Waals surface area contributed by atoms with Crippen LogP contribution in [0.1, 0.15) is 25.8 Å². The first-order valence-electron chi connectivity index (χ1n) is 6.02. The molecule has 0 aromatic heterocycles. The number of nitrogens with one attached hydrogen (secondary N) is 1. The molecule has 1 unspecified atom stereocenters. The Hall–Kier alpha value is -1.53. The molecule has 17 heavy (non-hydrogen) atoms. The van der Waals surface area contributed by atoms with Gasteiger partial charge in [-0.05, 0) is 45.5 Å². The standard InChI is InChI=1S/C14H19N3/c1-14(2)8-12(16-3)10-17(14)13-6-4-5-11(7-13)9-15/h4-7,12,16H,8,10H2,1-3H3. The minimum absolute atomic E-state index is 0.141. The molecule has 1 heterocycles. The molecule has 3 heteroatoms. The van der Waals surface area contributed by atoms with Crippen LogP contribution in [0.5, 0.6) is 0 Å². The Balaban J connectivity index is 2.30. The highest BCUT2D eigenvalue weighted by Gasteiger charge is 2.37. The molecule has 1 atom stereocenters. The highest BCUT2D eigenvalue weighted by molar-refractivity contribution is 5.54. The zero-order valence-electron chi connectivity index (χ0n) is 10.7. The highest BCUT2D eigenvalue weighted by atomic mass is 15.2. The van der Waals surface area contributed by atoms with Gasteiger partial charge in [-0.3, -0.25) is 0 Å². The van der Waals surface area contributed by atoms with Crippen LogP contribution in [0.25, 0.3) is 0 Å². The van der Waals surface area contributed by atoms with Crippen molar-refractivity contribution in [3.8, 4) is 6.07 Å². The topological polar surface area (TPSA) is 39.1 Å². The Morgan fingerprint density at radius 2 is 2.24 bits per heavy atom. The SMILES string of the molecule is CNC1CN(c2cccc(C#N)c2)C(C)(C)C1. The molecule has 0 bridgehead atoms. The van der Waals surface area contributed by atoms with Crippen molar-refractivity contribution in [3.63, 3.8) is 0 Å². The number of hydrogen-bond donors (Lipinski definition) is 1. The van der Waals surface area contributed by atoms with Gasteiger partial charge in [-0.15, -0.1) is 0 Å². The van der Waals surface area contributed by atoms with Crippen molar-refractivity contribution in [1.82, 2.24) is 5.32 Å². The van der Waals surface area contributed by atoms with E-state index in [1.54, 1.807) is 0 Å². The monoisotopic (exact) mass is 229 g/mol. The molecule has 1 aromatic rings. The van der Waals surface area contributed by atoms with Gasteiger partial charge in [0.05, 0.1) is 11.6 Å². The van der Waals surface area contributed by atoms with Gasteiger partial charge in [0.25, 0.3) is 0 Å². The van der Waals surface area contributed by atoms with Crippen molar-refractivity contribution in [1.29, 1.82) is 5.26 Å². The third-order valence-corrected chi connectivity index (χ3v) is 3.57. The summed E-state index contributed by atoms with van der Waals surface area (Å²) in [6.45, 7) is 5.51. The first kappa shape index (κ1) is 11.9. The van der Waals surface area contributed by atoms with Crippen molar-refractivity contribution >= 4 is 5.69 Å². The molecule has 1 fully saturated rings. The van der Waals surface area contributed by atoms with Gasteiger partial charge < -0.3 is 10.2 Å². The van der Waals surface area contributed by atoms with Crippen LogP contribution in [0.4, 0.5) is 5.69 Å². The summed E-state index contributed by atoms with van der Waals surface area (Å²) in [5, 5.41) is 12.3. The molecule has 0 saturated carbocycles. The lowest BCUT2D eigenvalue weighted by molar-refractivity contribution is 0.487. The van der Waals surface area contributed by atoms with Gasteiger partial charge in [0.15, 0.2) is 0 Å². The number of hydrogen-bond acceptors (Lipinski definition) is 3. The summed E-state index contributed by atoms with van der Waals surface area (Å²) in [7, 11) is 2.01. The molecule has 90 valence electrons. The Kier molecular flexibility index (Phi) is 3.08. The zero-order chi connectivity index (χ0) is 12.5. The second-order valence-corrected chi connectivity index (χ2v) is 5.27. The van der Waals surface area contributed by atoms with Gasteiger partial charge in [-0.2, -0.15) is 5.26 Å². The number of likely N-dealkylation sites (N-methyl/N-ethyl adjacent to an activating group) is 1. The van der Waals surface area contributed by atoms with E-state index in [4.69, 9.17) is 5.26 Å². The van der Waals surface area contributed by atoms with Crippen LogP contribution < -0.4 is 10.2 Å². The smallest absolute Gasteiger partial charge is 0.0992 e. The molecule has 1 aliphatic heterocycles. The molecule has 0 radical (unpaired) electrons. The van der Waals surface area contributed by atoms with Gasteiger partial charge >= 0.3 is 0 Å². The predicted molar refractivity (Wildman–Crippen MR) is 70.0 cm³/mol. The van der Waals surface area contributed by atoms with Crippen LogP contribution in [0.15, 0.2) is 24.3 Å². The van der Waals surface area contributed by atoms with E-state index in [0.717, 1.165) is 24.2 Å². The molecule has 1 saturated heterocycles. The van der Waals surface area contributed by atoms with Crippen molar-refractivity contribution in [2.45, 2.75) is 31.8 Å². The average molecular weight is 229 g/mol. The van der Waals surface area contributed by atoms with Crippen molar-refractivity contribution in [2.75, 3.05) is 18.5 Å². The zero-order valence-corrected chi connectivity index (χ0v) is 10.7. The third-order valence-electron chi connectivity index (χ3n) is 3.57. The molecule has 1 aliphatic rings. The van der Waals surface area contributed by atoms with E-state index in [1.807, 2.05) is 25.2 Å². The third kappa shape index (κ3) is 2.27. The number of anilines is 1. The number of nitriles is 1. The number of benzene rings is 1. The molecule has 0 amide bonds. The lowest BCUT2D eigenvalue weighted by Crippen LogP contribution is -2.38. The Labute approximate surface area is 103 Å². The van der Waals surface area contributed by atoms with Crippen LogP contribution in [0, 0.1) is 11.3 Å². The van der Waals surface area contributed by atoms with E-state index in [2.05, 4.69) is 36.2 Å². The van der Waals surface area contributed by atoms with E-state index in [-0.39, 0.29) is 5.54 Å². The minimum atomic E-state index is 0.141. The number of nitrogens with zero attached hydrogens (tertiary/aromatic N) is 2. The van der Waals surface area contributed by atoms with Crippen molar-refractivity contribution in [3.05, 3.63) is 29.8 Å². The Morgan fingerprint density at radius 1 is 1.47 bits per heavy atom. The summed E-state index contributed by atoms with van der Waals surface area (Å²) in [6, 6.07) is 10.6. The predicted octanol–water partition coefficient (Wildman–Crippen LogP) is 2.13. The van der Waals surface area contributed by atoms with E-state index in [9.17, 15) is 0 Å². The maximum Gasteiger partial charge on any atom is 0.0992 e.